The quantitative estimate of drug-likeness (QED) is 0.646. The SMILES string of the molecule is O=C(NCCCNC(=O)c1ccc(Br)c(F)c1)c1cccc(Br)c1. The summed E-state index contributed by atoms with van der Waals surface area (Å²) in [4.78, 5) is 23.8. The summed E-state index contributed by atoms with van der Waals surface area (Å²) < 4.78 is 14.5. The molecule has 4 nitrogen and oxygen atoms in total. The van der Waals surface area contributed by atoms with Gasteiger partial charge in [0.05, 0.1) is 4.47 Å². The second-order valence-electron chi connectivity index (χ2n) is 5.00. The third-order valence-electron chi connectivity index (χ3n) is 3.19. The summed E-state index contributed by atoms with van der Waals surface area (Å²) in [5.41, 5.74) is 0.826. The van der Waals surface area contributed by atoms with Crippen LogP contribution >= 0.6 is 31.9 Å². The molecule has 2 rings (SSSR count). The first kappa shape index (κ1) is 18.6. The Morgan fingerprint density at radius 1 is 0.917 bits per heavy atom. The normalized spacial score (nSPS) is 10.3. The van der Waals surface area contributed by atoms with Crippen LogP contribution in [0.15, 0.2) is 51.4 Å². The van der Waals surface area contributed by atoms with Gasteiger partial charge in [0.25, 0.3) is 11.8 Å². The zero-order valence-corrected chi connectivity index (χ0v) is 15.8. The number of carbonyl (C=O) groups is 2. The highest BCUT2D eigenvalue weighted by molar-refractivity contribution is 9.10. The summed E-state index contributed by atoms with van der Waals surface area (Å²) in [7, 11) is 0. The number of nitrogens with one attached hydrogen (secondary N) is 2. The molecule has 0 radical (unpaired) electrons. The van der Waals surface area contributed by atoms with E-state index >= 15 is 0 Å². The van der Waals surface area contributed by atoms with Crippen molar-refractivity contribution in [1.82, 2.24) is 10.6 Å². The van der Waals surface area contributed by atoms with Gasteiger partial charge in [-0.25, -0.2) is 4.39 Å². The van der Waals surface area contributed by atoms with Gasteiger partial charge in [-0.3, -0.25) is 9.59 Å². The van der Waals surface area contributed by atoms with Crippen LogP contribution in [-0.4, -0.2) is 24.9 Å². The lowest BCUT2D eigenvalue weighted by Crippen LogP contribution is -2.29. The van der Waals surface area contributed by atoms with Gasteiger partial charge in [0, 0.05) is 28.7 Å². The predicted molar refractivity (Wildman–Crippen MR) is 97.5 cm³/mol. The fourth-order valence-corrected chi connectivity index (χ4v) is 2.61. The molecule has 0 heterocycles. The molecular formula is C17H15Br2FN2O2. The van der Waals surface area contributed by atoms with Crippen molar-refractivity contribution in [1.29, 1.82) is 0 Å². The van der Waals surface area contributed by atoms with Crippen molar-refractivity contribution in [3.8, 4) is 0 Å². The number of carbonyl (C=O) groups excluding carboxylic acids is 2. The second-order valence-corrected chi connectivity index (χ2v) is 6.77. The van der Waals surface area contributed by atoms with Crippen LogP contribution in [0.1, 0.15) is 27.1 Å². The highest BCUT2D eigenvalue weighted by Crippen LogP contribution is 2.16. The molecule has 0 aliphatic heterocycles. The number of benzene rings is 2. The minimum absolute atomic E-state index is 0.169. The fourth-order valence-electron chi connectivity index (χ4n) is 1.96. The van der Waals surface area contributed by atoms with Crippen molar-refractivity contribution in [3.05, 3.63) is 68.4 Å². The summed E-state index contributed by atoms with van der Waals surface area (Å²) in [6.45, 7) is 0.815. The monoisotopic (exact) mass is 456 g/mol. The lowest BCUT2D eigenvalue weighted by Gasteiger charge is -2.07. The molecule has 2 amide bonds. The van der Waals surface area contributed by atoms with E-state index in [-0.39, 0.29) is 17.4 Å². The standard InChI is InChI=1S/C17H15Br2FN2O2/c18-13-4-1-3-11(9-13)16(23)21-7-2-8-22-17(24)12-5-6-14(19)15(20)10-12/h1,3-6,9-10H,2,7-8H2,(H,21,23)(H,22,24). The average molecular weight is 458 g/mol. The zero-order chi connectivity index (χ0) is 17.5. The highest BCUT2D eigenvalue weighted by Gasteiger charge is 2.08. The molecule has 0 aliphatic carbocycles. The van der Waals surface area contributed by atoms with Crippen molar-refractivity contribution in [2.75, 3.05) is 13.1 Å². The van der Waals surface area contributed by atoms with Crippen molar-refractivity contribution < 1.29 is 14.0 Å². The van der Waals surface area contributed by atoms with Crippen LogP contribution in [0.2, 0.25) is 0 Å². The molecule has 0 saturated heterocycles. The van der Waals surface area contributed by atoms with E-state index in [0.29, 0.717) is 29.5 Å². The van der Waals surface area contributed by atoms with Gasteiger partial charge in [-0.2, -0.15) is 0 Å². The van der Waals surface area contributed by atoms with Gasteiger partial charge in [0.2, 0.25) is 0 Å². The first-order chi connectivity index (χ1) is 11.5. The molecule has 2 aromatic rings. The Balaban J connectivity index is 1.72. The highest BCUT2D eigenvalue weighted by atomic mass is 79.9. The molecule has 0 unspecified atom stereocenters. The van der Waals surface area contributed by atoms with Gasteiger partial charge in [0.1, 0.15) is 5.82 Å². The van der Waals surface area contributed by atoms with E-state index in [9.17, 15) is 14.0 Å². The van der Waals surface area contributed by atoms with Gasteiger partial charge in [-0.1, -0.05) is 22.0 Å². The van der Waals surface area contributed by atoms with Gasteiger partial charge < -0.3 is 10.6 Å². The van der Waals surface area contributed by atoms with Gasteiger partial charge in [-0.05, 0) is 58.7 Å². The van der Waals surface area contributed by atoms with E-state index in [2.05, 4.69) is 42.5 Å². The van der Waals surface area contributed by atoms with Crippen molar-refractivity contribution in [2.24, 2.45) is 0 Å². The molecule has 2 N–H and O–H groups in total. The maximum atomic E-state index is 13.4. The summed E-state index contributed by atoms with van der Waals surface area (Å²) in [5, 5.41) is 5.47. The molecule has 0 aliphatic rings. The smallest absolute Gasteiger partial charge is 0.251 e. The second kappa shape index (κ2) is 8.94. The summed E-state index contributed by atoms with van der Waals surface area (Å²) >= 11 is 6.35. The fraction of sp³-hybridized carbons (Fsp3) is 0.176. The Morgan fingerprint density at radius 3 is 2.12 bits per heavy atom. The Labute approximate surface area is 156 Å². The van der Waals surface area contributed by atoms with E-state index in [4.69, 9.17) is 0 Å². The van der Waals surface area contributed by atoms with Crippen molar-refractivity contribution in [2.45, 2.75) is 6.42 Å². The molecule has 0 spiro atoms. The Bertz CT molecular complexity index is 753. The third-order valence-corrected chi connectivity index (χ3v) is 4.33. The predicted octanol–water partition coefficient (Wildman–Crippen LogP) is 3.90. The lowest BCUT2D eigenvalue weighted by molar-refractivity contribution is 0.0951. The summed E-state index contributed by atoms with van der Waals surface area (Å²) in [6.07, 6.45) is 0.574. The van der Waals surface area contributed by atoms with E-state index in [1.807, 2.05) is 6.07 Å². The molecule has 0 fully saturated rings. The maximum Gasteiger partial charge on any atom is 0.251 e. The van der Waals surface area contributed by atoms with Crippen LogP contribution in [0.4, 0.5) is 4.39 Å². The van der Waals surface area contributed by atoms with Crippen molar-refractivity contribution >= 4 is 43.7 Å². The Hall–Kier alpha value is -1.73. The van der Waals surface area contributed by atoms with Crippen LogP contribution < -0.4 is 10.6 Å². The molecule has 7 heteroatoms. The molecule has 24 heavy (non-hydrogen) atoms. The minimum atomic E-state index is -0.482. The van der Waals surface area contributed by atoms with Crippen LogP contribution in [0.5, 0.6) is 0 Å². The largest absolute Gasteiger partial charge is 0.352 e. The van der Waals surface area contributed by atoms with E-state index in [1.165, 1.54) is 18.2 Å². The number of rotatable bonds is 6. The molecule has 126 valence electrons. The van der Waals surface area contributed by atoms with E-state index in [0.717, 1.165) is 4.47 Å². The number of hydrogen-bond donors (Lipinski definition) is 2. The van der Waals surface area contributed by atoms with Gasteiger partial charge >= 0.3 is 0 Å². The Kier molecular flexibility index (Phi) is 6.93. The van der Waals surface area contributed by atoms with Crippen LogP contribution in [0.3, 0.4) is 0 Å². The Morgan fingerprint density at radius 2 is 1.54 bits per heavy atom. The topological polar surface area (TPSA) is 58.2 Å². The van der Waals surface area contributed by atoms with E-state index in [1.54, 1.807) is 18.2 Å². The lowest BCUT2D eigenvalue weighted by atomic mass is 10.2. The molecule has 0 saturated carbocycles. The first-order valence-electron chi connectivity index (χ1n) is 7.24. The van der Waals surface area contributed by atoms with Crippen molar-refractivity contribution in [3.63, 3.8) is 0 Å². The minimum Gasteiger partial charge on any atom is -0.352 e. The summed E-state index contributed by atoms with van der Waals surface area (Å²) in [6, 6.07) is 11.3. The molecule has 0 atom stereocenters. The van der Waals surface area contributed by atoms with Crippen LogP contribution in [0.25, 0.3) is 0 Å². The number of hydrogen-bond acceptors (Lipinski definition) is 2. The maximum absolute atomic E-state index is 13.4. The molecule has 0 aromatic heterocycles. The van der Waals surface area contributed by atoms with E-state index < -0.39 is 5.82 Å². The number of halogens is 3. The zero-order valence-electron chi connectivity index (χ0n) is 12.6. The van der Waals surface area contributed by atoms with Crippen LogP contribution in [0, 0.1) is 5.82 Å². The average Bonchev–Trinajstić information content (AvgIpc) is 2.56. The van der Waals surface area contributed by atoms with Gasteiger partial charge in [0.15, 0.2) is 0 Å². The third kappa shape index (κ3) is 5.42. The van der Waals surface area contributed by atoms with Gasteiger partial charge in [-0.15, -0.1) is 0 Å². The molecule has 2 aromatic carbocycles. The molecule has 0 bridgehead atoms. The molecular weight excluding hydrogens is 443 g/mol. The number of amides is 2. The van der Waals surface area contributed by atoms with Crippen LogP contribution in [-0.2, 0) is 0 Å². The first-order valence-corrected chi connectivity index (χ1v) is 8.83. The summed E-state index contributed by atoms with van der Waals surface area (Å²) in [5.74, 6) is -0.999.